The molecule has 0 aliphatic heterocycles. The lowest BCUT2D eigenvalue weighted by Crippen LogP contribution is -2.00. The number of fused-ring (bicyclic) bond motifs is 1. The Morgan fingerprint density at radius 3 is 2.75 bits per heavy atom. The first-order valence-corrected chi connectivity index (χ1v) is 6.94. The minimum Gasteiger partial charge on any atom is -0.496 e. The number of para-hydroxylation sites is 1. The van der Waals surface area contributed by atoms with E-state index in [-0.39, 0.29) is 5.78 Å². The minimum absolute atomic E-state index is 0.00852. The summed E-state index contributed by atoms with van der Waals surface area (Å²) in [5, 5.41) is 0.935. The molecule has 1 N–H and O–H groups in total. The van der Waals surface area contributed by atoms with Gasteiger partial charge in [0, 0.05) is 28.2 Å². The molecule has 0 saturated carbocycles. The molecule has 0 fully saturated rings. The summed E-state index contributed by atoms with van der Waals surface area (Å²) < 4.78 is 5.95. The van der Waals surface area contributed by atoms with Gasteiger partial charge < -0.3 is 9.72 Å². The Bertz CT molecular complexity index is 792. The Hall–Kier alpha value is -2.07. The van der Waals surface area contributed by atoms with Crippen LogP contribution in [0.15, 0.2) is 53.1 Å². The molecule has 0 bridgehead atoms. The third-order valence-electron chi connectivity index (χ3n) is 3.25. The summed E-state index contributed by atoms with van der Waals surface area (Å²) in [7, 11) is 1.60. The molecule has 0 amide bonds. The van der Waals surface area contributed by atoms with Crippen molar-refractivity contribution in [1.82, 2.24) is 4.98 Å². The number of carbonyl (C=O) groups excluding carboxylic acids is 1. The first kappa shape index (κ1) is 12.9. The number of hydrogen-bond acceptors (Lipinski definition) is 2. The molecule has 2 aromatic carbocycles. The molecule has 3 nitrogen and oxygen atoms in total. The number of aromatic amines is 1. The Kier molecular flexibility index (Phi) is 3.32. The van der Waals surface area contributed by atoms with Crippen molar-refractivity contribution in [3.8, 4) is 5.75 Å². The van der Waals surface area contributed by atoms with Crippen molar-refractivity contribution in [2.24, 2.45) is 0 Å². The van der Waals surface area contributed by atoms with E-state index < -0.39 is 0 Å². The SMILES string of the molecule is COc1ccc(C(=O)c2c[nH]c3ccccc23)cc1Br. The van der Waals surface area contributed by atoms with Gasteiger partial charge in [0.25, 0.3) is 0 Å². The molecule has 100 valence electrons. The average molecular weight is 330 g/mol. The number of benzene rings is 2. The highest BCUT2D eigenvalue weighted by Gasteiger charge is 2.15. The fraction of sp³-hybridized carbons (Fsp3) is 0.0625. The third-order valence-corrected chi connectivity index (χ3v) is 3.87. The summed E-state index contributed by atoms with van der Waals surface area (Å²) in [5.41, 5.74) is 2.27. The fourth-order valence-corrected chi connectivity index (χ4v) is 2.76. The minimum atomic E-state index is -0.00852. The zero-order valence-corrected chi connectivity index (χ0v) is 12.4. The summed E-state index contributed by atoms with van der Waals surface area (Å²) in [6.07, 6.45) is 1.76. The molecule has 1 heterocycles. The number of nitrogens with one attached hydrogen (secondary N) is 1. The van der Waals surface area contributed by atoms with Gasteiger partial charge in [-0.15, -0.1) is 0 Å². The lowest BCUT2D eigenvalue weighted by molar-refractivity contribution is 0.104. The van der Waals surface area contributed by atoms with Gasteiger partial charge in [0.1, 0.15) is 5.75 Å². The molecule has 0 aliphatic rings. The summed E-state index contributed by atoms with van der Waals surface area (Å²) >= 11 is 3.40. The van der Waals surface area contributed by atoms with Gasteiger partial charge >= 0.3 is 0 Å². The van der Waals surface area contributed by atoms with Crippen molar-refractivity contribution in [2.45, 2.75) is 0 Å². The Morgan fingerprint density at radius 1 is 1.20 bits per heavy atom. The van der Waals surface area contributed by atoms with Crippen LogP contribution >= 0.6 is 15.9 Å². The third kappa shape index (κ3) is 2.12. The maximum absolute atomic E-state index is 12.6. The van der Waals surface area contributed by atoms with E-state index >= 15 is 0 Å². The molecule has 3 aromatic rings. The molecule has 20 heavy (non-hydrogen) atoms. The number of ether oxygens (including phenoxy) is 1. The summed E-state index contributed by atoms with van der Waals surface area (Å²) in [4.78, 5) is 15.7. The van der Waals surface area contributed by atoms with Gasteiger partial charge in [-0.1, -0.05) is 18.2 Å². The zero-order chi connectivity index (χ0) is 14.1. The van der Waals surface area contributed by atoms with E-state index in [2.05, 4.69) is 20.9 Å². The van der Waals surface area contributed by atoms with Crippen molar-refractivity contribution in [3.63, 3.8) is 0 Å². The number of halogens is 1. The number of H-pyrrole nitrogens is 1. The van der Waals surface area contributed by atoms with Crippen LogP contribution in [0.2, 0.25) is 0 Å². The van der Waals surface area contributed by atoms with Crippen molar-refractivity contribution >= 4 is 32.6 Å². The van der Waals surface area contributed by atoms with Crippen LogP contribution in [0.3, 0.4) is 0 Å². The second-order valence-electron chi connectivity index (χ2n) is 4.43. The molecule has 0 aliphatic carbocycles. The number of aromatic nitrogens is 1. The van der Waals surface area contributed by atoms with Crippen molar-refractivity contribution in [2.75, 3.05) is 7.11 Å². The van der Waals surface area contributed by atoms with Crippen LogP contribution in [0.4, 0.5) is 0 Å². The highest BCUT2D eigenvalue weighted by molar-refractivity contribution is 9.10. The highest BCUT2D eigenvalue weighted by Crippen LogP contribution is 2.28. The van der Waals surface area contributed by atoms with Crippen molar-refractivity contribution < 1.29 is 9.53 Å². The number of hydrogen-bond donors (Lipinski definition) is 1. The highest BCUT2D eigenvalue weighted by atomic mass is 79.9. The van der Waals surface area contributed by atoms with Gasteiger partial charge in [0.05, 0.1) is 11.6 Å². The molecule has 3 rings (SSSR count). The first-order chi connectivity index (χ1) is 9.70. The molecule has 0 saturated heterocycles. The Labute approximate surface area is 124 Å². The van der Waals surface area contributed by atoms with Gasteiger partial charge in [-0.2, -0.15) is 0 Å². The van der Waals surface area contributed by atoms with E-state index in [1.54, 1.807) is 31.5 Å². The standard InChI is InChI=1S/C16H12BrNO2/c1-20-15-7-6-10(8-13(15)17)16(19)12-9-18-14-5-3-2-4-11(12)14/h2-9,18H,1H3. The molecular formula is C16H12BrNO2. The van der Waals surface area contributed by atoms with Gasteiger partial charge in [-0.05, 0) is 40.2 Å². The monoisotopic (exact) mass is 329 g/mol. The number of carbonyl (C=O) groups is 1. The molecule has 0 unspecified atom stereocenters. The zero-order valence-electron chi connectivity index (χ0n) is 10.8. The maximum atomic E-state index is 12.6. The smallest absolute Gasteiger partial charge is 0.195 e. The van der Waals surface area contributed by atoms with Gasteiger partial charge in [-0.25, -0.2) is 0 Å². The lowest BCUT2D eigenvalue weighted by atomic mass is 10.0. The first-order valence-electron chi connectivity index (χ1n) is 6.15. The predicted molar refractivity (Wildman–Crippen MR) is 82.4 cm³/mol. The lowest BCUT2D eigenvalue weighted by Gasteiger charge is -2.05. The fourth-order valence-electron chi connectivity index (χ4n) is 2.22. The average Bonchev–Trinajstić information content (AvgIpc) is 2.90. The van der Waals surface area contributed by atoms with Crippen LogP contribution < -0.4 is 4.74 Å². The van der Waals surface area contributed by atoms with E-state index in [0.29, 0.717) is 16.9 Å². The number of rotatable bonds is 3. The van der Waals surface area contributed by atoms with Gasteiger partial charge in [0.15, 0.2) is 5.78 Å². The second kappa shape index (κ2) is 5.13. The van der Waals surface area contributed by atoms with Crippen LogP contribution in [-0.4, -0.2) is 17.9 Å². The molecule has 0 radical (unpaired) electrons. The van der Waals surface area contributed by atoms with Crippen molar-refractivity contribution in [1.29, 1.82) is 0 Å². The largest absolute Gasteiger partial charge is 0.496 e. The quantitative estimate of drug-likeness (QED) is 0.733. The summed E-state index contributed by atoms with van der Waals surface area (Å²) in [5.74, 6) is 0.700. The Morgan fingerprint density at radius 2 is 2.00 bits per heavy atom. The predicted octanol–water partition coefficient (Wildman–Crippen LogP) is 4.17. The topological polar surface area (TPSA) is 42.1 Å². The molecule has 0 atom stereocenters. The second-order valence-corrected chi connectivity index (χ2v) is 5.28. The van der Waals surface area contributed by atoms with E-state index in [1.807, 2.05) is 24.3 Å². The van der Waals surface area contributed by atoms with Gasteiger partial charge in [0.2, 0.25) is 0 Å². The van der Waals surface area contributed by atoms with E-state index in [4.69, 9.17) is 4.74 Å². The van der Waals surface area contributed by atoms with Crippen LogP contribution in [-0.2, 0) is 0 Å². The normalized spacial score (nSPS) is 10.7. The number of methoxy groups -OCH3 is 1. The molecular weight excluding hydrogens is 318 g/mol. The molecule has 4 heteroatoms. The van der Waals surface area contributed by atoms with Crippen LogP contribution in [0.25, 0.3) is 10.9 Å². The van der Waals surface area contributed by atoms with E-state index in [1.165, 1.54) is 0 Å². The molecule has 1 aromatic heterocycles. The Balaban J connectivity index is 2.06. The van der Waals surface area contributed by atoms with E-state index in [9.17, 15) is 4.79 Å². The van der Waals surface area contributed by atoms with Crippen LogP contribution in [0.1, 0.15) is 15.9 Å². The van der Waals surface area contributed by atoms with Crippen molar-refractivity contribution in [3.05, 3.63) is 64.3 Å². The van der Waals surface area contributed by atoms with Crippen LogP contribution in [0, 0.1) is 0 Å². The summed E-state index contributed by atoms with van der Waals surface area (Å²) in [6.45, 7) is 0. The van der Waals surface area contributed by atoms with E-state index in [0.717, 1.165) is 15.4 Å². The molecule has 0 spiro atoms. The summed E-state index contributed by atoms with van der Waals surface area (Å²) in [6, 6.07) is 13.1. The van der Waals surface area contributed by atoms with Crippen LogP contribution in [0.5, 0.6) is 5.75 Å². The maximum Gasteiger partial charge on any atom is 0.195 e. The van der Waals surface area contributed by atoms with Gasteiger partial charge in [-0.3, -0.25) is 4.79 Å². The number of ketones is 1.